The SMILES string of the molecule is CCOc1ccc(CCNC(=S)N2CCN(Cc3ccccc3C)CC2)cc1OCC. The Bertz CT molecular complexity index is 850. The number of benzene rings is 2. The molecule has 0 aromatic heterocycles. The van der Waals surface area contributed by atoms with Crippen molar-refractivity contribution >= 4 is 17.3 Å². The number of thiocarbonyl (C=S) groups is 1. The van der Waals surface area contributed by atoms with Gasteiger partial charge in [-0.1, -0.05) is 30.3 Å². The van der Waals surface area contributed by atoms with Gasteiger partial charge in [-0.15, -0.1) is 0 Å². The first-order valence-electron chi connectivity index (χ1n) is 11.3. The van der Waals surface area contributed by atoms with Gasteiger partial charge in [-0.05, 0) is 68.2 Å². The quantitative estimate of drug-likeness (QED) is 0.592. The van der Waals surface area contributed by atoms with Crippen molar-refractivity contribution in [3.05, 3.63) is 59.2 Å². The molecule has 31 heavy (non-hydrogen) atoms. The van der Waals surface area contributed by atoms with Gasteiger partial charge in [-0.2, -0.15) is 0 Å². The molecule has 0 aliphatic carbocycles. The van der Waals surface area contributed by atoms with Gasteiger partial charge in [-0.25, -0.2) is 0 Å². The van der Waals surface area contributed by atoms with E-state index in [-0.39, 0.29) is 0 Å². The van der Waals surface area contributed by atoms with E-state index in [1.165, 1.54) is 16.7 Å². The predicted octanol–water partition coefficient (Wildman–Crippen LogP) is 4.03. The molecule has 1 heterocycles. The molecule has 0 atom stereocenters. The topological polar surface area (TPSA) is 37.0 Å². The Morgan fingerprint density at radius 2 is 1.68 bits per heavy atom. The zero-order valence-electron chi connectivity index (χ0n) is 19.0. The number of ether oxygens (including phenoxy) is 2. The number of hydrogen-bond donors (Lipinski definition) is 1. The normalized spacial score (nSPS) is 14.4. The molecule has 1 aliphatic heterocycles. The number of nitrogens with zero attached hydrogens (tertiary/aromatic N) is 2. The third-order valence-corrected chi connectivity index (χ3v) is 6.01. The fourth-order valence-corrected chi connectivity index (χ4v) is 4.10. The monoisotopic (exact) mass is 441 g/mol. The molecule has 0 unspecified atom stereocenters. The number of aryl methyl sites for hydroxylation is 1. The molecule has 5 nitrogen and oxygen atoms in total. The highest BCUT2D eigenvalue weighted by molar-refractivity contribution is 7.80. The zero-order valence-corrected chi connectivity index (χ0v) is 19.8. The first-order valence-corrected chi connectivity index (χ1v) is 11.7. The highest BCUT2D eigenvalue weighted by atomic mass is 32.1. The Morgan fingerprint density at radius 3 is 2.39 bits per heavy atom. The molecule has 1 N–H and O–H groups in total. The third-order valence-electron chi connectivity index (χ3n) is 5.61. The van der Waals surface area contributed by atoms with E-state index in [1.807, 2.05) is 19.9 Å². The van der Waals surface area contributed by atoms with E-state index in [4.69, 9.17) is 21.7 Å². The summed E-state index contributed by atoms with van der Waals surface area (Å²) in [6, 6.07) is 14.8. The maximum atomic E-state index is 5.73. The van der Waals surface area contributed by atoms with Crippen LogP contribution in [0.5, 0.6) is 11.5 Å². The standard InChI is InChI=1S/C25H35N3O2S/c1-4-29-23-11-10-21(18-24(23)30-5-2)12-13-26-25(31)28-16-14-27(15-17-28)19-22-9-7-6-8-20(22)3/h6-11,18H,4-5,12-17,19H2,1-3H3,(H,26,31). The van der Waals surface area contributed by atoms with Gasteiger partial charge in [0.15, 0.2) is 16.6 Å². The average Bonchev–Trinajstić information content (AvgIpc) is 2.78. The van der Waals surface area contributed by atoms with E-state index in [0.29, 0.717) is 13.2 Å². The maximum absolute atomic E-state index is 5.73. The summed E-state index contributed by atoms with van der Waals surface area (Å²) in [7, 11) is 0. The lowest BCUT2D eigenvalue weighted by atomic mass is 10.1. The highest BCUT2D eigenvalue weighted by Gasteiger charge is 2.19. The molecule has 1 fully saturated rings. The van der Waals surface area contributed by atoms with Crippen LogP contribution in [0.25, 0.3) is 0 Å². The second-order valence-corrected chi connectivity index (χ2v) is 8.21. The first kappa shape index (κ1) is 23.4. The summed E-state index contributed by atoms with van der Waals surface area (Å²) >= 11 is 5.65. The van der Waals surface area contributed by atoms with Gasteiger partial charge < -0.3 is 19.7 Å². The molecule has 1 aliphatic rings. The Labute approximate surface area is 192 Å². The minimum absolute atomic E-state index is 0.627. The first-order chi connectivity index (χ1) is 15.1. The Kier molecular flexibility index (Phi) is 8.98. The van der Waals surface area contributed by atoms with Crippen LogP contribution in [0, 0.1) is 6.92 Å². The lowest BCUT2D eigenvalue weighted by molar-refractivity contribution is 0.174. The lowest BCUT2D eigenvalue weighted by Gasteiger charge is -2.36. The molecular formula is C25H35N3O2S. The van der Waals surface area contributed by atoms with Crippen molar-refractivity contribution in [2.45, 2.75) is 33.7 Å². The van der Waals surface area contributed by atoms with Crippen molar-refractivity contribution in [2.75, 3.05) is 45.9 Å². The fraction of sp³-hybridized carbons (Fsp3) is 0.480. The molecule has 6 heteroatoms. The molecular weight excluding hydrogens is 406 g/mol. The van der Waals surface area contributed by atoms with Crippen LogP contribution in [0.15, 0.2) is 42.5 Å². The van der Waals surface area contributed by atoms with Crippen LogP contribution in [0.4, 0.5) is 0 Å². The largest absolute Gasteiger partial charge is 0.490 e. The van der Waals surface area contributed by atoms with Crippen molar-refractivity contribution in [1.29, 1.82) is 0 Å². The summed E-state index contributed by atoms with van der Waals surface area (Å²) in [5.74, 6) is 1.62. The molecule has 0 bridgehead atoms. The van der Waals surface area contributed by atoms with E-state index >= 15 is 0 Å². The summed E-state index contributed by atoms with van der Waals surface area (Å²) in [5, 5.41) is 4.29. The average molecular weight is 442 g/mol. The number of nitrogens with one attached hydrogen (secondary N) is 1. The third kappa shape index (κ3) is 6.84. The van der Waals surface area contributed by atoms with Gasteiger partial charge in [0, 0.05) is 39.3 Å². The number of piperazine rings is 1. The van der Waals surface area contributed by atoms with Gasteiger partial charge >= 0.3 is 0 Å². The Hall–Kier alpha value is -2.31. The van der Waals surface area contributed by atoms with Crippen LogP contribution in [-0.4, -0.2) is 60.8 Å². The maximum Gasteiger partial charge on any atom is 0.169 e. The summed E-state index contributed by atoms with van der Waals surface area (Å²) in [4.78, 5) is 4.80. The molecule has 0 spiro atoms. The van der Waals surface area contributed by atoms with Crippen LogP contribution in [0.1, 0.15) is 30.5 Å². The van der Waals surface area contributed by atoms with Gasteiger partial charge in [0.2, 0.25) is 0 Å². The van der Waals surface area contributed by atoms with E-state index in [1.54, 1.807) is 0 Å². The van der Waals surface area contributed by atoms with Gasteiger partial charge in [0.05, 0.1) is 13.2 Å². The summed E-state index contributed by atoms with van der Waals surface area (Å²) in [6.07, 6.45) is 0.889. The van der Waals surface area contributed by atoms with E-state index < -0.39 is 0 Å². The zero-order chi connectivity index (χ0) is 22.1. The van der Waals surface area contributed by atoms with Crippen molar-refractivity contribution in [3.8, 4) is 11.5 Å². The lowest BCUT2D eigenvalue weighted by Crippen LogP contribution is -2.51. The molecule has 1 saturated heterocycles. The molecule has 0 radical (unpaired) electrons. The molecule has 0 saturated carbocycles. The number of rotatable bonds is 9. The van der Waals surface area contributed by atoms with Crippen molar-refractivity contribution in [1.82, 2.24) is 15.1 Å². The minimum atomic E-state index is 0.627. The van der Waals surface area contributed by atoms with Crippen LogP contribution in [0.2, 0.25) is 0 Å². The fourth-order valence-electron chi connectivity index (χ4n) is 3.81. The summed E-state index contributed by atoms with van der Waals surface area (Å²) < 4.78 is 11.4. The van der Waals surface area contributed by atoms with Gasteiger partial charge in [-0.3, -0.25) is 4.90 Å². The summed E-state index contributed by atoms with van der Waals surface area (Å²) in [6.45, 7) is 13.2. The Morgan fingerprint density at radius 1 is 0.968 bits per heavy atom. The molecule has 168 valence electrons. The van der Waals surface area contributed by atoms with E-state index in [2.05, 4.69) is 58.4 Å². The van der Waals surface area contributed by atoms with Gasteiger partial charge in [0.25, 0.3) is 0 Å². The van der Waals surface area contributed by atoms with E-state index in [0.717, 1.165) is 62.3 Å². The van der Waals surface area contributed by atoms with Crippen LogP contribution >= 0.6 is 12.2 Å². The highest BCUT2D eigenvalue weighted by Crippen LogP contribution is 2.28. The van der Waals surface area contributed by atoms with Gasteiger partial charge in [0.1, 0.15) is 0 Å². The van der Waals surface area contributed by atoms with E-state index in [9.17, 15) is 0 Å². The van der Waals surface area contributed by atoms with Crippen LogP contribution in [-0.2, 0) is 13.0 Å². The predicted molar refractivity (Wildman–Crippen MR) is 131 cm³/mol. The second-order valence-electron chi connectivity index (χ2n) is 7.82. The van der Waals surface area contributed by atoms with Crippen molar-refractivity contribution < 1.29 is 9.47 Å². The minimum Gasteiger partial charge on any atom is -0.490 e. The molecule has 2 aromatic carbocycles. The number of hydrogen-bond acceptors (Lipinski definition) is 4. The molecule has 3 rings (SSSR count). The summed E-state index contributed by atoms with van der Waals surface area (Å²) in [5.41, 5.74) is 3.99. The van der Waals surface area contributed by atoms with Crippen LogP contribution < -0.4 is 14.8 Å². The van der Waals surface area contributed by atoms with Crippen molar-refractivity contribution in [2.24, 2.45) is 0 Å². The Balaban J connectivity index is 1.42. The van der Waals surface area contributed by atoms with Crippen molar-refractivity contribution in [3.63, 3.8) is 0 Å². The molecule has 0 amide bonds. The van der Waals surface area contributed by atoms with Crippen LogP contribution in [0.3, 0.4) is 0 Å². The molecule has 2 aromatic rings. The smallest absolute Gasteiger partial charge is 0.169 e. The second kappa shape index (κ2) is 11.9.